The molecule has 0 unspecified atom stereocenters. The molecule has 4 rings (SSSR count). The van der Waals surface area contributed by atoms with Gasteiger partial charge in [0, 0.05) is 33.0 Å². The van der Waals surface area contributed by atoms with Crippen LogP contribution >= 0.6 is 11.6 Å². The Balaban J connectivity index is 1.59. The van der Waals surface area contributed by atoms with E-state index in [-0.39, 0.29) is 0 Å². The number of esters is 1. The van der Waals surface area contributed by atoms with E-state index >= 15 is 0 Å². The summed E-state index contributed by atoms with van der Waals surface area (Å²) in [7, 11) is 3.23. The van der Waals surface area contributed by atoms with Gasteiger partial charge in [0.2, 0.25) is 5.95 Å². The molecule has 0 radical (unpaired) electrons. The Kier molecular flexibility index (Phi) is 4.92. The molecule has 9 nitrogen and oxygen atoms in total. The number of anilines is 1. The van der Waals surface area contributed by atoms with Gasteiger partial charge in [0.15, 0.2) is 11.5 Å². The van der Waals surface area contributed by atoms with Gasteiger partial charge in [-0.2, -0.15) is 10.1 Å². The Morgan fingerprint density at radius 3 is 2.68 bits per heavy atom. The van der Waals surface area contributed by atoms with Gasteiger partial charge in [0.1, 0.15) is 11.4 Å². The molecule has 3 aromatic heterocycles. The van der Waals surface area contributed by atoms with Crippen molar-refractivity contribution in [2.75, 3.05) is 25.1 Å². The van der Waals surface area contributed by atoms with Crippen molar-refractivity contribution in [3.05, 3.63) is 34.0 Å². The number of rotatable bonds is 5. The van der Waals surface area contributed by atoms with E-state index in [0.717, 1.165) is 30.6 Å². The number of pyridine rings is 1. The van der Waals surface area contributed by atoms with E-state index in [1.54, 1.807) is 10.6 Å². The van der Waals surface area contributed by atoms with Gasteiger partial charge < -0.3 is 9.64 Å². The van der Waals surface area contributed by atoms with E-state index in [9.17, 15) is 4.79 Å². The Labute approximate surface area is 167 Å². The fourth-order valence-electron chi connectivity index (χ4n) is 3.42. The van der Waals surface area contributed by atoms with Crippen molar-refractivity contribution in [1.82, 2.24) is 29.4 Å². The largest absolute Gasteiger partial charge is 0.465 e. The molecule has 148 valence electrons. The summed E-state index contributed by atoms with van der Waals surface area (Å²) in [6, 6.07) is 1.57. The van der Waals surface area contributed by atoms with Gasteiger partial charge in [-0.05, 0) is 25.8 Å². The lowest BCUT2D eigenvalue weighted by Gasteiger charge is -2.10. The molecule has 0 bridgehead atoms. The number of ether oxygens (including phenoxy) is 1. The smallest absolute Gasteiger partial charge is 0.341 e. The molecule has 0 aromatic carbocycles. The van der Waals surface area contributed by atoms with Gasteiger partial charge in [0.25, 0.3) is 0 Å². The van der Waals surface area contributed by atoms with Gasteiger partial charge in [-0.15, -0.1) is 5.10 Å². The van der Waals surface area contributed by atoms with E-state index in [4.69, 9.17) is 16.3 Å². The van der Waals surface area contributed by atoms with E-state index in [0.29, 0.717) is 34.9 Å². The number of carbonyl (C=O) groups excluding carboxylic acids is 1. The minimum Gasteiger partial charge on any atom is -0.465 e. The van der Waals surface area contributed by atoms with E-state index < -0.39 is 5.97 Å². The molecule has 1 saturated heterocycles. The molecule has 3 aromatic rings. The first kappa shape index (κ1) is 18.7. The topological polar surface area (TPSA) is 90.4 Å². The van der Waals surface area contributed by atoms with Gasteiger partial charge in [-0.25, -0.2) is 14.3 Å². The second-order valence-electron chi connectivity index (χ2n) is 6.89. The third-order valence-electron chi connectivity index (χ3n) is 5.03. The van der Waals surface area contributed by atoms with Crippen molar-refractivity contribution in [2.24, 2.45) is 7.05 Å². The van der Waals surface area contributed by atoms with Crippen LogP contribution in [0, 0.1) is 6.92 Å². The van der Waals surface area contributed by atoms with Crippen LogP contribution in [0.1, 0.15) is 40.5 Å². The van der Waals surface area contributed by atoms with Crippen molar-refractivity contribution >= 4 is 29.2 Å². The Morgan fingerprint density at radius 1 is 1.21 bits per heavy atom. The molecule has 1 aliphatic rings. The molecule has 0 amide bonds. The lowest BCUT2D eigenvalue weighted by atomic mass is 10.2. The van der Waals surface area contributed by atoms with E-state index in [2.05, 4.69) is 25.1 Å². The third kappa shape index (κ3) is 3.30. The summed E-state index contributed by atoms with van der Waals surface area (Å²) < 4.78 is 8.24. The fraction of sp³-hybridized carbons (Fsp3) is 0.500. The predicted molar refractivity (Wildman–Crippen MR) is 104 cm³/mol. The summed E-state index contributed by atoms with van der Waals surface area (Å²) in [6.07, 6.45) is 3.59. The van der Waals surface area contributed by atoms with Gasteiger partial charge >= 0.3 is 5.97 Å². The first-order chi connectivity index (χ1) is 13.5. The third-order valence-corrected chi connectivity index (χ3v) is 5.42. The molecule has 0 atom stereocenters. The Bertz CT molecular complexity index is 1040. The summed E-state index contributed by atoms with van der Waals surface area (Å²) in [6.45, 7) is 3.85. The molecule has 0 N–H and O–H groups in total. The number of fused-ring (bicyclic) bond motifs is 1. The van der Waals surface area contributed by atoms with E-state index in [1.165, 1.54) is 20.0 Å². The standard InChI is InChI=1S/C18H22ClN7O2/c1-11-13(19)10-12(17(27)28-3)16-20-14(22-26(11)16)6-7-15-21-18(23-24(15)2)25-8-4-5-9-25/h10H,4-9H2,1-3H3. The summed E-state index contributed by atoms with van der Waals surface area (Å²) in [5.74, 6) is 1.79. The van der Waals surface area contributed by atoms with Gasteiger partial charge in [-0.3, -0.25) is 4.68 Å². The molecule has 0 saturated carbocycles. The van der Waals surface area contributed by atoms with Gasteiger partial charge in [0.05, 0.1) is 17.8 Å². The summed E-state index contributed by atoms with van der Waals surface area (Å²) in [5, 5.41) is 9.49. The minimum absolute atomic E-state index is 0.298. The zero-order valence-corrected chi connectivity index (χ0v) is 16.9. The lowest BCUT2D eigenvalue weighted by molar-refractivity contribution is 0.0602. The van der Waals surface area contributed by atoms with Gasteiger partial charge in [-0.1, -0.05) is 11.6 Å². The molecule has 10 heteroatoms. The minimum atomic E-state index is -0.491. The van der Waals surface area contributed by atoms with Crippen LogP contribution in [-0.4, -0.2) is 55.5 Å². The number of hydrogen-bond acceptors (Lipinski definition) is 7. The summed E-state index contributed by atoms with van der Waals surface area (Å²) >= 11 is 6.24. The van der Waals surface area contributed by atoms with Crippen molar-refractivity contribution in [3.63, 3.8) is 0 Å². The SMILES string of the molecule is COC(=O)c1cc(Cl)c(C)n2nc(CCc3nc(N4CCCC4)nn3C)nc12. The molecule has 28 heavy (non-hydrogen) atoms. The highest BCUT2D eigenvalue weighted by atomic mass is 35.5. The summed E-state index contributed by atoms with van der Waals surface area (Å²) in [5.41, 5.74) is 1.46. The zero-order chi connectivity index (χ0) is 19.8. The van der Waals surface area contributed by atoms with Crippen molar-refractivity contribution in [1.29, 1.82) is 0 Å². The molecular weight excluding hydrogens is 382 g/mol. The number of aromatic nitrogens is 6. The van der Waals surface area contributed by atoms with Crippen molar-refractivity contribution in [3.8, 4) is 0 Å². The van der Waals surface area contributed by atoms with Crippen molar-refractivity contribution in [2.45, 2.75) is 32.6 Å². The predicted octanol–water partition coefficient (Wildman–Crippen LogP) is 1.99. The normalized spacial score (nSPS) is 14.2. The second kappa shape index (κ2) is 7.38. The van der Waals surface area contributed by atoms with Crippen LogP contribution in [-0.2, 0) is 24.6 Å². The second-order valence-corrected chi connectivity index (χ2v) is 7.30. The Hall–Kier alpha value is -2.68. The number of halogens is 1. The molecule has 1 aliphatic heterocycles. The van der Waals surface area contributed by atoms with Crippen LogP contribution in [0.25, 0.3) is 5.65 Å². The van der Waals surface area contributed by atoms with E-state index in [1.807, 2.05) is 18.7 Å². The van der Waals surface area contributed by atoms with Crippen molar-refractivity contribution < 1.29 is 9.53 Å². The van der Waals surface area contributed by atoms with Crippen LogP contribution in [0.15, 0.2) is 6.07 Å². The average molecular weight is 404 g/mol. The number of nitrogens with zero attached hydrogens (tertiary/aromatic N) is 7. The molecule has 0 spiro atoms. The maximum Gasteiger partial charge on any atom is 0.341 e. The quantitative estimate of drug-likeness (QED) is 0.601. The number of aryl methyl sites for hydroxylation is 4. The zero-order valence-electron chi connectivity index (χ0n) is 16.1. The first-order valence-electron chi connectivity index (χ1n) is 9.26. The maximum absolute atomic E-state index is 12.1. The number of hydrogen-bond donors (Lipinski definition) is 0. The monoisotopic (exact) mass is 403 g/mol. The number of carbonyl (C=O) groups is 1. The first-order valence-corrected chi connectivity index (χ1v) is 9.63. The lowest BCUT2D eigenvalue weighted by Crippen LogP contribution is -2.19. The highest BCUT2D eigenvalue weighted by Crippen LogP contribution is 2.22. The average Bonchev–Trinajstić information content (AvgIpc) is 3.42. The van der Waals surface area contributed by atoms with Crippen LogP contribution in [0.5, 0.6) is 0 Å². The van der Waals surface area contributed by atoms with Crippen LogP contribution in [0.3, 0.4) is 0 Å². The molecular formula is C18H22ClN7O2. The van der Waals surface area contributed by atoms with Crippen LogP contribution in [0.4, 0.5) is 5.95 Å². The fourth-order valence-corrected chi connectivity index (χ4v) is 3.61. The van der Waals surface area contributed by atoms with Crippen LogP contribution < -0.4 is 4.90 Å². The van der Waals surface area contributed by atoms with Crippen LogP contribution in [0.2, 0.25) is 5.02 Å². The number of methoxy groups -OCH3 is 1. The molecule has 4 heterocycles. The maximum atomic E-state index is 12.1. The highest BCUT2D eigenvalue weighted by molar-refractivity contribution is 6.31. The summed E-state index contributed by atoms with van der Waals surface area (Å²) in [4.78, 5) is 23.5. The Morgan fingerprint density at radius 2 is 1.96 bits per heavy atom. The molecule has 1 fully saturated rings. The highest BCUT2D eigenvalue weighted by Gasteiger charge is 2.20. The molecule has 0 aliphatic carbocycles.